The molecule has 0 radical (unpaired) electrons. The molecule has 1 saturated carbocycles. The van der Waals surface area contributed by atoms with Gasteiger partial charge in [0.2, 0.25) is 0 Å². The van der Waals surface area contributed by atoms with Crippen molar-refractivity contribution in [2.24, 2.45) is 5.73 Å². The lowest BCUT2D eigenvalue weighted by Gasteiger charge is -2.47. The molecule has 1 heterocycles. The molecule has 15 heavy (non-hydrogen) atoms. The van der Waals surface area contributed by atoms with Crippen molar-refractivity contribution in [3.8, 4) is 5.75 Å². The van der Waals surface area contributed by atoms with Crippen LogP contribution >= 0.6 is 11.6 Å². The fraction of sp³-hybridized carbons (Fsp3) is 0.500. The molecular formula is C12H14ClNO. The molecule has 1 fully saturated rings. The zero-order valence-electron chi connectivity index (χ0n) is 8.50. The standard InChI is InChI=1S/C12H14ClNO/c13-8-2-3-11-9(6-8)10(14)7-12(15-11)4-1-5-12/h2-3,6,10H,1,4-5,7,14H2. The summed E-state index contributed by atoms with van der Waals surface area (Å²) in [6.07, 6.45) is 4.47. The van der Waals surface area contributed by atoms with Gasteiger partial charge in [-0.2, -0.15) is 0 Å². The van der Waals surface area contributed by atoms with Gasteiger partial charge < -0.3 is 10.5 Å². The predicted octanol–water partition coefficient (Wildman–Crippen LogP) is 3.05. The first-order chi connectivity index (χ1) is 7.19. The zero-order valence-corrected chi connectivity index (χ0v) is 9.26. The number of fused-ring (bicyclic) bond motifs is 1. The van der Waals surface area contributed by atoms with Crippen LogP contribution in [0, 0.1) is 0 Å². The van der Waals surface area contributed by atoms with E-state index in [9.17, 15) is 0 Å². The maximum Gasteiger partial charge on any atom is 0.125 e. The van der Waals surface area contributed by atoms with E-state index in [0.29, 0.717) is 0 Å². The molecule has 1 atom stereocenters. The normalized spacial score (nSPS) is 26.7. The highest BCUT2D eigenvalue weighted by Crippen LogP contribution is 2.48. The molecule has 80 valence electrons. The molecule has 1 aromatic rings. The molecule has 0 aromatic heterocycles. The van der Waals surface area contributed by atoms with E-state index >= 15 is 0 Å². The van der Waals surface area contributed by atoms with Gasteiger partial charge in [-0.1, -0.05) is 11.6 Å². The summed E-state index contributed by atoms with van der Waals surface area (Å²) in [7, 11) is 0. The van der Waals surface area contributed by atoms with E-state index in [1.807, 2.05) is 18.2 Å². The molecule has 3 rings (SSSR count). The van der Waals surface area contributed by atoms with E-state index < -0.39 is 0 Å². The van der Waals surface area contributed by atoms with E-state index in [1.54, 1.807) is 0 Å². The molecule has 2 nitrogen and oxygen atoms in total. The zero-order chi connectivity index (χ0) is 10.5. The van der Waals surface area contributed by atoms with Crippen molar-refractivity contribution in [3.05, 3.63) is 28.8 Å². The minimum absolute atomic E-state index is 0.0419. The summed E-state index contributed by atoms with van der Waals surface area (Å²) < 4.78 is 6.04. The minimum atomic E-state index is 0.0419. The molecule has 0 saturated heterocycles. The summed E-state index contributed by atoms with van der Waals surface area (Å²) in [5.74, 6) is 0.929. The third kappa shape index (κ3) is 1.44. The predicted molar refractivity (Wildman–Crippen MR) is 60.2 cm³/mol. The molecule has 2 aliphatic rings. The Kier molecular flexibility index (Phi) is 1.98. The molecule has 0 amide bonds. The number of rotatable bonds is 0. The fourth-order valence-electron chi connectivity index (χ4n) is 2.56. The van der Waals surface area contributed by atoms with Crippen molar-refractivity contribution < 1.29 is 4.74 Å². The Morgan fingerprint density at radius 2 is 2.20 bits per heavy atom. The van der Waals surface area contributed by atoms with Crippen LogP contribution in [0.2, 0.25) is 5.02 Å². The first-order valence-corrected chi connectivity index (χ1v) is 5.80. The van der Waals surface area contributed by atoms with Gasteiger partial charge in [0.15, 0.2) is 0 Å². The van der Waals surface area contributed by atoms with Crippen LogP contribution in [0.5, 0.6) is 5.75 Å². The highest BCUT2D eigenvalue weighted by molar-refractivity contribution is 6.30. The first-order valence-electron chi connectivity index (χ1n) is 5.43. The van der Waals surface area contributed by atoms with Crippen molar-refractivity contribution >= 4 is 11.6 Å². The number of benzene rings is 1. The van der Waals surface area contributed by atoms with E-state index in [0.717, 1.165) is 35.6 Å². The van der Waals surface area contributed by atoms with Crippen LogP contribution in [0.3, 0.4) is 0 Å². The van der Waals surface area contributed by atoms with E-state index in [-0.39, 0.29) is 11.6 Å². The van der Waals surface area contributed by atoms with E-state index in [4.69, 9.17) is 22.1 Å². The Hall–Kier alpha value is -0.730. The third-order valence-electron chi connectivity index (χ3n) is 3.55. The maximum atomic E-state index is 6.16. The summed E-state index contributed by atoms with van der Waals surface area (Å²) in [6.45, 7) is 0. The third-order valence-corrected chi connectivity index (χ3v) is 3.79. The lowest BCUT2D eigenvalue weighted by atomic mass is 9.73. The number of hydrogen-bond acceptors (Lipinski definition) is 2. The van der Waals surface area contributed by atoms with Crippen LogP contribution < -0.4 is 10.5 Å². The van der Waals surface area contributed by atoms with Gasteiger partial charge in [-0.05, 0) is 37.5 Å². The topological polar surface area (TPSA) is 35.2 Å². The lowest BCUT2D eigenvalue weighted by molar-refractivity contribution is -0.0329. The maximum absolute atomic E-state index is 6.16. The van der Waals surface area contributed by atoms with Gasteiger partial charge in [0, 0.05) is 23.0 Å². The van der Waals surface area contributed by atoms with Gasteiger partial charge >= 0.3 is 0 Å². The molecule has 1 unspecified atom stereocenters. The van der Waals surface area contributed by atoms with E-state index in [2.05, 4.69) is 0 Å². The SMILES string of the molecule is NC1CC2(CCC2)Oc2ccc(Cl)cc21. The molecule has 1 aromatic carbocycles. The highest BCUT2D eigenvalue weighted by Gasteiger charge is 2.44. The number of hydrogen-bond donors (Lipinski definition) is 1. The molecule has 1 aliphatic heterocycles. The number of ether oxygens (including phenoxy) is 1. The average Bonchev–Trinajstić information content (AvgIpc) is 2.16. The van der Waals surface area contributed by atoms with Gasteiger partial charge in [-0.25, -0.2) is 0 Å². The summed E-state index contributed by atoms with van der Waals surface area (Å²) in [5.41, 5.74) is 7.26. The Bertz CT molecular complexity index is 401. The largest absolute Gasteiger partial charge is 0.487 e. The van der Waals surface area contributed by atoms with Gasteiger partial charge in [0.25, 0.3) is 0 Å². The van der Waals surface area contributed by atoms with Crippen LogP contribution in [0.4, 0.5) is 0 Å². The Labute approximate surface area is 94.4 Å². The van der Waals surface area contributed by atoms with Crippen molar-refractivity contribution in [3.63, 3.8) is 0 Å². The quantitative estimate of drug-likeness (QED) is 0.734. The minimum Gasteiger partial charge on any atom is -0.487 e. The number of nitrogens with two attached hydrogens (primary N) is 1. The Balaban J connectivity index is 2.01. The summed E-state index contributed by atoms with van der Waals surface area (Å²) in [4.78, 5) is 0. The fourth-order valence-corrected chi connectivity index (χ4v) is 2.75. The van der Waals surface area contributed by atoms with Crippen molar-refractivity contribution in [2.75, 3.05) is 0 Å². The second-order valence-corrected chi connectivity index (χ2v) is 5.07. The van der Waals surface area contributed by atoms with E-state index in [1.165, 1.54) is 6.42 Å². The summed E-state index contributed by atoms with van der Waals surface area (Å²) >= 11 is 5.95. The highest BCUT2D eigenvalue weighted by atomic mass is 35.5. The second kappa shape index (κ2) is 3.13. The summed E-state index contributed by atoms with van der Waals surface area (Å²) in [5, 5.41) is 0.734. The van der Waals surface area contributed by atoms with Crippen LogP contribution in [0.25, 0.3) is 0 Å². The monoisotopic (exact) mass is 223 g/mol. The van der Waals surface area contributed by atoms with Crippen LogP contribution in [0.15, 0.2) is 18.2 Å². The second-order valence-electron chi connectivity index (χ2n) is 4.63. The van der Waals surface area contributed by atoms with Crippen molar-refractivity contribution in [1.29, 1.82) is 0 Å². The first kappa shape index (κ1) is 9.49. The van der Waals surface area contributed by atoms with Gasteiger partial charge in [-0.3, -0.25) is 0 Å². The molecule has 2 N–H and O–H groups in total. The van der Waals surface area contributed by atoms with Gasteiger partial charge in [0.05, 0.1) is 0 Å². The smallest absolute Gasteiger partial charge is 0.125 e. The average molecular weight is 224 g/mol. The molecule has 1 aliphatic carbocycles. The molecule has 0 bridgehead atoms. The Morgan fingerprint density at radius 3 is 2.87 bits per heavy atom. The van der Waals surface area contributed by atoms with Crippen LogP contribution in [-0.2, 0) is 0 Å². The van der Waals surface area contributed by atoms with Gasteiger partial charge in [0.1, 0.15) is 11.4 Å². The van der Waals surface area contributed by atoms with Crippen molar-refractivity contribution in [2.45, 2.75) is 37.3 Å². The Morgan fingerprint density at radius 1 is 1.40 bits per heavy atom. The molecule has 1 spiro atoms. The van der Waals surface area contributed by atoms with Crippen LogP contribution in [-0.4, -0.2) is 5.60 Å². The number of halogens is 1. The van der Waals surface area contributed by atoms with Crippen LogP contribution in [0.1, 0.15) is 37.3 Å². The molecule has 3 heteroatoms. The van der Waals surface area contributed by atoms with Gasteiger partial charge in [-0.15, -0.1) is 0 Å². The van der Waals surface area contributed by atoms with Crippen molar-refractivity contribution in [1.82, 2.24) is 0 Å². The summed E-state index contributed by atoms with van der Waals surface area (Å²) in [6, 6.07) is 5.81. The molecular weight excluding hydrogens is 210 g/mol. The lowest BCUT2D eigenvalue weighted by Crippen LogP contribution is -2.48.